The highest BCUT2D eigenvalue weighted by Gasteiger charge is 2.23. The summed E-state index contributed by atoms with van der Waals surface area (Å²) in [6.07, 6.45) is 0.989. The van der Waals surface area contributed by atoms with Crippen LogP contribution in [-0.2, 0) is 16.0 Å². The van der Waals surface area contributed by atoms with E-state index in [9.17, 15) is 4.79 Å². The summed E-state index contributed by atoms with van der Waals surface area (Å²) in [4.78, 5) is 14.7. The van der Waals surface area contributed by atoms with Gasteiger partial charge >= 0.3 is 0 Å². The molecule has 1 N–H and O–H groups in total. The predicted molar refractivity (Wildman–Crippen MR) is 111 cm³/mol. The third-order valence-corrected chi connectivity index (χ3v) is 5.14. The summed E-state index contributed by atoms with van der Waals surface area (Å²) in [5.74, 6) is 0.612. The lowest BCUT2D eigenvalue weighted by molar-refractivity contribution is -0.123. The minimum Gasteiger partial charge on any atom is -0.484 e. The summed E-state index contributed by atoms with van der Waals surface area (Å²) in [6, 6.07) is 16.5. The zero-order valence-corrected chi connectivity index (χ0v) is 16.8. The van der Waals surface area contributed by atoms with E-state index in [4.69, 9.17) is 9.47 Å². The second-order valence-electron chi connectivity index (χ2n) is 7.17. The fraction of sp³-hybridized carbons (Fsp3) is 0.435. The molecule has 1 heterocycles. The van der Waals surface area contributed by atoms with Crippen LogP contribution in [0.1, 0.15) is 29.7 Å². The van der Waals surface area contributed by atoms with Crippen molar-refractivity contribution < 1.29 is 14.3 Å². The van der Waals surface area contributed by atoms with Crippen LogP contribution in [0.2, 0.25) is 0 Å². The van der Waals surface area contributed by atoms with Gasteiger partial charge in [0.05, 0.1) is 19.3 Å². The standard InChI is InChI=1S/C23H30N2O3/c1-3-19-6-10-21(11-7-19)28-17-23(26)24-16-22(25-12-14-27-15-13-25)20-8-4-18(2)5-9-20/h4-11,22H,3,12-17H2,1-2H3,(H,24,26). The van der Waals surface area contributed by atoms with E-state index in [-0.39, 0.29) is 18.6 Å². The van der Waals surface area contributed by atoms with Crippen LogP contribution in [0.3, 0.4) is 0 Å². The third-order valence-electron chi connectivity index (χ3n) is 5.14. The molecule has 3 rings (SSSR count). The monoisotopic (exact) mass is 382 g/mol. The van der Waals surface area contributed by atoms with Crippen molar-refractivity contribution >= 4 is 5.91 Å². The molecule has 0 saturated carbocycles. The summed E-state index contributed by atoms with van der Waals surface area (Å²) in [5.41, 5.74) is 3.70. The Morgan fingerprint density at radius 1 is 1.11 bits per heavy atom. The first-order valence-electron chi connectivity index (χ1n) is 10.0. The third kappa shape index (κ3) is 5.81. The number of benzene rings is 2. The van der Waals surface area contributed by atoms with Gasteiger partial charge in [0, 0.05) is 19.6 Å². The lowest BCUT2D eigenvalue weighted by atomic mass is 10.0. The Hall–Kier alpha value is -2.37. The van der Waals surface area contributed by atoms with E-state index >= 15 is 0 Å². The van der Waals surface area contributed by atoms with Crippen LogP contribution in [0, 0.1) is 6.92 Å². The molecular formula is C23H30N2O3. The van der Waals surface area contributed by atoms with E-state index in [1.165, 1.54) is 16.7 Å². The number of hydrogen-bond acceptors (Lipinski definition) is 4. The van der Waals surface area contributed by atoms with Gasteiger partial charge in [-0.2, -0.15) is 0 Å². The Kier molecular flexibility index (Phi) is 7.46. The number of carbonyl (C=O) groups is 1. The Morgan fingerprint density at radius 3 is 2.43 bits per heavy atom. The van der Waals surface area contributed by atoms with Gasteiger partial charge in [-0.05, 0) is 36.6 Å². The van der Waals surface area contributed by atoms with Crippen LogP contribution in [0.25, 0.3) is 0 Å². The number of rotatable bonds is 8. The smallest absolute Gasteiger partial charge is 0.258 e. The molecule has 1 aliphatic rings. The molecule has 0 spiro atoms. The second-order valence-corrected chi connectivity index (χ2v) is 7.17. The maximum Gasteiger partial charge on any atom is 0.258 e. The van der Waals surface area contributed by atoms with Gasteiger partial charge in [0.1, 0.15) is 5.75 Å². The lowest BCUT2D eigenvalue weighted by Crippen LogP contribution is -2.44. The molecule has 5 nitrogen and oxygen atoms in total. The van der Waals surface area contributed by atoms with Crippen molar-refractivity contribution in [2.45, 2.75) is 26.3 Å². The van der Waals surface area contributed by atoms with Crippen LogP contribution in [0.15, 0.2) is 48.5 Å². The summed E-state index contributed by atoms with van der Waals surface area (Å²) in [6.45, 7) is 7.97. The Bertz CT molecular complexity index is 737. The van der Waals surface area contributed by atoms with E-state index in [2.05, 4.69) is 48.3 Å². The van der Waals surface area contributed by atoms with Crippen molar-refractivity contribution in [3.63, 3.8) is 0 Å². The van der Waals surface area contributed by atoms with Crippen molar-refractivity contribution in [1.29, 1.82) is 0 Å². The minimum absolute atomic E-state index is 0.0230. The molecule has 1 unspecified atom stereocenters. The number of morpholine rings is 1. The quantitative estimate of drug-likeness (QED) is 0.762. The van der Waals surface area contributed by atoms with Crippen molar-refractivity contribution in [3.05, 3.63) is 65.2 Å². The molecular weight excluding hydrogens is 352 g/mol. The maximum atomic E-state index is 12.3. The van der Waals surface area contributed by atoms with Crippen LogP contribution in [0.5, 0.6) is 5.75 Å². The van der Waals surface area contributed by atoms with E-state index < -0.39 is 0 Å². The van der Waals surface area contributed by atoms with Crippen molar-refractivity contribution in [3.8, 4) is 5.75 Å². The molecule has 2 aromatic rings. The average molecular weight is 383 g/mol. The van der Waals surface area contributed by atoms with E-state index in [1.54, 1.807) is 0 Å². The largest absolute Gasteiger partial charge is 0.484 e. The average Bonchev–Trinajstić information content (AvgIpc) is 2.75. The van der Waals surface area contributed by atoms with E-state index in [0.717, 1.165) is 38.5 Å². The maximum absolute atomic E-state index is 12.3. The van der Waals surface area contributed by atoms with Gasteiger partial charge in [0.2, 0.25) is 0 Å². The summed E-state index contributed by atoms with van der Waals surface area (Å²) in [5, 5.41) is 3.04. The molecule has 1 fully saturated rings. The summed E-state index contributed by atoms with van der Waals surface area (Å²) < 4.78 is 11.1. The van der Waals surface area contributed by atoms with E-state index in [1.807, 2.05) is 24.3 Å². The Labute approximate surface area is 167 Å². The van der Waals surface area contributed by atoms with Gasteiger partial charge in [-0.3, -0.25) is 9.69 Å². The Balaban J connectivity index is 1.55. The lowest BCUT2D eigenvalue weighted by Gasteiger charge is -2.35. The normalized spacial score (nSPS) is 15.8. The molecule has 0 bridgehead atoms. The van der Waals surface area contributed by atoms with Gasteiger partial charge in [-0.1, -0.05) is 48.9 Å². The van der Waals surface area contributed by atoms with Gasteiger partial charge in [0.15, 0.2) is 6.61 Å². The highest BCUT2D eigenvalue weighted by Crippen LogP contribution is 2.22. The van der Waals surface area contributed by atoms with Crippen LogP contribution >= 0.6 is 0 Å². The number of aryl methyl sites for hydroxylation is 2. The fourth-order valence-electron chi connectivity index (χ4n) is 3.37. The number of ether oxygens (including phenoxy) is 2. The first kappa shape index (κ1) is 20.4. The van der Waals surface area contributed by atoms with Gasteiger partial charge in [0.25, 0.3) is 5.91 Å². The molecule has 1 aliphatic heterocycles. The first-order valence-corrected chi connectivity index (χ1v) is 10.0. The van der Waals surface area contributed by atoms with Gasteiger partial charge < -0.3 is 14.8 Å². The molecule has 1 saturated heterocycles. The summed E-state index contributed by atoms with van der Waals surface area (Å²) in [7, 11) is 0. The fourth-order valence-corrected chi connectivity index (χ4v) is 3.37. The SMILES string of the molecule is CCc1ccc(OCC(=O)NCC(c2ccc(C)cc2)N2CCOCC2)cc1. The molecule has 5 heteroatoms. The molecule has 28 heavy (non-hydrogen) atoms. The predicted octanol–water partition coefficient (Wildman–Crippen LogP) is 3.13. The molecule has 0 radical (unpaired) electrons. The molecule has 1 atom stereocenters. The molecule has 0 aliphatic carbocycles. The second kappa shape index (κ2) is 10.2. The number of carbonyl (C=O) groups excluding carboxylic acids is 1. The molecule has 150 valence electrons. The van der Waals surface area contributed by atoms with Crippen LogP contribution in [0.4, 0.5) is 0 Å². The zero-order valence-electron chi connectivity index (χ0n) is 16.8. The van der Waals surface area contributed by atoms with Gasteiger partial charge in [-0.15, -0.1) is 0 Å². The number of hydrogen-bond donors (Lipinski definition) is 1. The topological polar surface area (TPSA) is 50.8 Å². The highest BCUT2D eigenvalue weighted by atomic mass is 16.5. The molecule has 2 aromatic carbocycles. The first-order chi connectivity index (χ1) is 13.7. The van der Waals surface area contributed by atoms with Crippen molar-refractivity contribution in [2.75, 3.05) is 39.5 Å². The van der Waals surface area contributed by atoms with Crippen LogP contribution < -0.4 is 10.1 Å². The van der Waals surface area contributed by atoms with Crippen molar-refractivity contribution in [2.24, 2.45) is 0 Å². The Morgan fingerprint density at radius 2 is 1.79 bits per heavy atom. The van der Waals surface area contributed by atoms with Crippen LogP contribution in [-0.4, -0.2) is 50.3 Å². The summed E-state index contributed by atoms with van der Waals surface area (Å²) >= 11 is 0. The van der Waals surface area contributed by atoms with Crippen molar-refractivity contribution in [1.82, 2.24) is 10.2 Å². The number of amides is 1. The molecule has 0 aromatic heterocycles. The molecule has 1 amide bonds. The minimum atomic E-state index is -0.107. The van der Waals surface area contributed by atoms with Gasteiger partial charge in [-0.25, -0.2) is 0 Å². The number of nitrogens with zero attached hydrogens (tertiary/aromatic N) is 1. The number of nitrogens with one attached hydrogen (secondary N) is 1. The van der Waals surface area contributed by atoms with E-state index in [0.29, 0.717) is 6.54 Å². The highest BCUT2D eigenvalue weighted by molar-refractivity contribution is 5.77. The zero-order chi connectivity index (χ0) is 19.8.